The van der Waals surface area contributed by atoms with Gasteiger partial charge in [-0.25, -0.2) is 0 Å². The molecule has 0 aliphatic heterocycles. The predicted octanol–water partition coefficient (Wildman–Crippen LogP) is 4.03. The minimum atomic E-state index is -0.122. The summed E-state index contributed by atoms with van der Waals surface area (Å²) in [5.41, 5.74) is 3.88. The molecule has 0 spiro atoms. The molecule has 1 amide bonds. The molecule has 1 N–H and O–H groups in total. The number of nitrogens with one attached hydrogen (secondary N) is 1. The van der Waals surface area contributed by atoms with Crippen molar-refractivity contribution in [2.24, 2.45) is 0 Å². The summed E-state index contributed by atoms with van der Waals surface area (Å²) >= 11 is 1.21. The summed E-state index contributed by atoms with van der Waals surface area (Å²) in [6.07, 6.45) is 0.461. The Morgan fingerprint density at radius 3 is 2.62 bits per heavy atom. The highest BCUT2D eigenvalue weighted by Gasteiger charge is 2.12. The van der Waals surface area contributed by atoms with E-state index in [1.807, 2.05) is 50.2 Å². The average molecular weight is 413 g/mol. The molecular weight excluding hydrogens is 390 g/mol. The van der Waals surface area contributed by atoms with Gasteiger partial charge >= 0.3 is 0 Å². The van der Waals surface area contributed by atoms with Crippen molar-refractivity contribution in [3.8, 4) is 11.5 Å². The Kier molecular flexibility index (Phi) is 6.77. The first kappa shape index (κ1) is 20.7. The number of hydrogen-bond acceptors (Lipinski definition) is 7. The van der Waals surface area contributed by atoms with Crippen LogP contribution in [0.3, 0.4) is 0 Å². The highest BCUT2D eigenvalue weighted by molar-refractivity contribution is 7.99. The SMILES string of the molecule is COc1ccc(Cc2nnc(SCC(=O)Nc3cc(C)ccc3C)o2)cc1OC. The third kappa shape index (κ3) is 5.51. The fraction of sp³-hybridized carbons (Fsp3) is 0.286. The van der Waals surface area contributed by atoms with Crippen LogP contribution in [0.5, 0.6) is 11.5 Å². The van der Waals surface area contributed by atoms with Crippen molar-refractivity contribution >= 4 is 23.4 Å². The zero-order valence-electron chi connectivity index (χ0n) is 16.8. The molecule has 0 atom stereocenters. The van der Waals surface area contributed by atoms with Crippen LogP contribution in [0.4, 0.5) is 5.69 Å². The number of nitrogens with zero attached hydrogens (tertiary/aromatic N) is 2. The average Bonchev–Trinajstić information content (AvgIpc) is 3.16. The molecule has 0 aliphatic rings. The normalized spacial score (nSPS) is 10.6. The van der Waals surface area contributed by atoms with Crippen LogP contribution in [0.15, 0.2) is 46.0 Å². The first-order valence-corrected chi connectivity index (χ1v) is 10.00. The fourth-order valence-electron chi connectivity index (χ4n) is 2.72. The van der Waals surface area contributed by atoms with E-state index >= 15 is 0 Å². The molecule has 2 aromatic carbocycles. The van der Waals surface area contributed by atoms with Gasteiger partial charge in [0.25, 0.3) is 5.22 Å². The molecule has 3 rings (SSSR count). The molecule has 8 heteroatoms. The standard InChI is InChI=1S/C21H23N3O4S/c1-13-5-6-14(2)16(9-13)22-19(25)12-29-21-24-23-20(28-21)11-15-7-8-17(26-3)18(10-15)27-4/h5-10H,11-12H2,1-4H3,(H,22,25). The summed E-state index contributed by atoms with van der Waals surface area (Å²) in [5.74, 6) is 1.83. The molecule has 0 radical (unpaired) electrons. The highest BCUT2D eigenvalue weighted by atomic mass is 32.2. The van der Waals surface area contributed by atoms with E-state index in [4.69, 9.17) is 13.9 Å². The molecule has 0 bridgehead atoms. The second kappa shape index (κ2) is 9.47. The van der Waals surface area contributed by atoms with Crippen molar-refractivity contribution in [1.29, 1.82) is 0 Å². The molecule has 1 aromatic heterocycles. The summed E-state index contributed by atoms with van der Waals surface area (Å²) in [6.45, 7) is 3.95. The third-order valence-electron chi connectivity index (χ3n) is 4.25. The number of benzene rings is 2. The summed E-state index contributed by atoms with van der Waals surface area (Å²) < 4.78 is 16.2. The maximum Gasteiger partial charge on any atom is 0.277 e. The van der Waals surface area contributed by atoms with Crippen LogP contribution in [0.25, 0.3) is 0 Å². The van der Waals surface area contributed by atoms with Gasteiger partial charge in [-0.3, -0.25) is 4.79 Å². The van der Waals surface area contributed by atoms with Gasteiger partial charge in [0.2, 0.25) is 11.8 Å². The smallest absolute Gasteiger partial charge is 0.277 e. The van der Waals surface area contributed by atoms with Crippen molar-refractivity contribution in [2.75, 3.05) is 25.3 Å². The molecule has 0 saturated heterocycles. The molecule has 0 unspecified atom stereocenters. The number of carbonyl (C=O) groups excluding carboxylic acids is 1. The lowest BCUT2D eigenvalue weighted by Gasteiger charge is -2.08. The Balaban J connectivity index is 1.56. The Bertz CT molecular complexity index is 1000. The predicted molar refractivity (Wildman–Crippen MR) is 112 cm³/mol. The van der Waals surface area contributed by atoms with Crippen LogP contribution in [0.2, 0.25) is 0 Å². The van der Waals surface area contributed by atoms with Crippen LogP contribution in [0, 0.1) is 13.8 Å². The number of aromatic nitrogens is 2. The summed E-state index contributed by atoms with van der Waals surface area (Å²) in [4.78, 5) is 12.2. The van der Waals surface area contributed by atoms with E-state index in [1.54, 1.807) is 14.2 Å². The minimum absolute atomic E-state index is 0.122. The van der Waals surface area contributed by atoms with Crippen LogP contribution in [-0.4, -0.2) is 36.1 Å². The number of rotatable bonds is 8. The topological polar surface area (TPSA) is 86.5 Å². The van der Waals surface area contributed by atoms with E-state index < -0.39 is 0 Å². The molecule has 29 heavy (non-hydrogen) atoms. The quantitative estimate of drug-likeness (QED) is 0.558. The fourth-order valence-corrected chi connectivity index (χ4v) is 3.30. The number of anilines is 1. The van der Waals surface area contributed by atoms with E-state index in [-0.39, 0.29) is 11.7 Å². The van der Waals surface area contributed by atoms with E-state index in [0.717, 1.165) is 22.4 Å². The summed E-state index contributed by atoms with van der Waals surface area (Å²) in [6, 6.07) is 11.6. The maximum atomic E-state index is 12.2. The summed E-state index contributed by atoms with van der Waals surface area (Å²) in [5, 5.41) is 11.3. The van der Waals surface area contributed by atoms with Crippen LogP contribution < -0.4 is 14.8 Å². The molecule has 7 nitrogen and oxygen atoms in total. The molecule has 3 aromatic rings. The van der Waals surface area contributed by atoms with Crippen molar-refractivity contribution in [2.45, 2.75) is 25.5 Å². The molecular formula is C21H23N3O4S. The zero-order chi connectivity index (χ0) is 20.8. The largest absolute Gasteiger partial charge is 0.493 e. The molecule has 0 aliphatic carbocycles. The maximum absolute atomic E-state index is 12.2. The highest BCUT2D eigenvalue weighted by Crippen LogP contribution is 2.28. The van der Waals surface area contributed by atoms with Crippen molar-refractivity contribution in [3.05, 3.63) is 59.0 Å². The second-order valence-corrected chi connectivity index (χ2v) is 7.41. The molecule has 152 valence electrons. The van der Waals surface area contributed by atoms with Crippen LogP contribution in [-0.2, 0) is 11.2 Å². The Labute approximate surface area is 173 Å². The van der Waals surface area contributed by atoms with Gasteiger partial charge in [0.1, 0.15) is 0 Å². The van der Waals surface area contributed by atoms with E-state index in [0.29, 0.717) is 29.0 Å². The van der Waals surface area contributed by atoms with Gasteiger partial charge in [-0.2, -0.15) is 0 Å². The number of hydrogen-bond donors (Lipinski definition) is 1. The van der Waals surface area contributed by atoms with Gasteiger partial charge in [0.15, 0.2) is 11.5 Å². The van der Waals surface area contributed by atoms with E-state index in [1.165, 1.54) is 11.8 Å². The first-order valence-electron chi connectivity index (χ1n) is 9.01. The van der Waals surface area contributed by atoms with Gasteiger partial charge in [0.05, 0.1) is 26.4 Å². The lowest BCUT2D eigenvalue weighted by atomic mass is 10.1. The Morgan fingerprint density at radius 2 is 1.86 bits per heavy atom. The number of ether oxygens (including phenoxy) is 2. The van der Waals surface area contributed by atoms with Gasteiger partial charge in [-0.15, -0.1) is 10.2 Å². The number of carbonyl (C=O) groups is 1. The molecule has 1 heterocycles. The van der Waals surface area contributed by atoms with E-state index in [2.05, 4.69) is 15.5 Å². The zero-order valence-corrected chi connectivity index (χ0v) is 17.6. The lowest BCUT2D eigenvalue weighted by Crippen LogP contribution is -2.14. The second-order valence-electron chi connectivity index (χ2n) is 6.48. The number of amides is 1. The van der Waals surface area contributed by atoms with Gasteiger partial charge < -0.3 is 19.2 Å². The molecule has 0 fully saturated rings. The van der Waals surface area contributed by atoms with Crippen molar-refractivity contribution in [3.63, 3.8) is 0 Å². The van der Waals surface area contributed by atoms with E-state index in [9.17, 15) is 4.79 Å². The van der Waals surface area contributed by atoms with Gasteiger partial charge in [-0.1, -0.05) is 30.0 Å². The molecule has 0 saturated carbocycles. The minimum Gasteiger partial charge on any atom is -0.493 e. The van der Waals surface area contributed by atoms with Crippen LogP contribution in [0.1, 0.15) is 22.6 Å². The first-order chi connectivity index (χ1) is 14.0. The Hall–Kier alpha value is -3.00. The third-order valence-corrected chi connectivity index (χ3v) is 5.06. The number of thioether (sulfide) groups is 1. The van der Waals surface area contributed by atoms with Crippen LogP contribution >= 0.6 is 11.8 Å². The Morgan fingerprint density at radius 1 is 1.07 bits per heavy atom. The summed E-state index contributed by atoms with van der Waals surface area (Å²) in [7, 11) is 3.18. The lowest BCUT2D eigenvalue weighted by molar-refractivity contribution is -0.113. The van der Waals surface area contributed by atoms with Gasteiger partial charge in [-0.05, 0) is 48.7 Å². The van der Waals surface area contributed by atoms with Crippen molar-refractivity contribution < 1.29 is 18.7 Å². The van der Waals surface area contributed by atoms with Crippen molar-refractivity contribution in [1.82, 2.24) is 10.2 Å². The van der Waals surface area contributed by atoms with Gasteiger partial charge in [0, 0.05) is 5.69 Å². The monoisotopic (exact) mass is 413 g/mol. The number of methoxy groups -OCH3 is 2. The number of aryl methyl sites for hydroxylation is 2.